The van der Waals surface area contributed by atoms with Gasteiger partial charge in [0, 0.05) is 33.8 Å². The number of nitrogens with zero attached hydrogens (tertiary/aromatic N) is 2. The van der Waals surface area contributed by atoms with Crippen LogP contribution in [-0.4, -0.2) is 70.5 Å². The summed E-state index contributed by atoms with van der Waals surface area (Å²) in [6.45, 7) is 6.13. The zero-order valence-electron chi connectivity index (χ0n) is 13.7. The van der Waals surface area contributed by atoms with Crippen LogP contribution in [0.25, 0.3) is 0 Å². The predicted octanol–water partition coefficient (Wildman–Crippen LogP) is 0.911. The van der Waals surface area contributed by atoms with Crippen molar-refractivity contribution in [3.63, 3.8) is 0 Å². The van der Waals surface area contributed by atoms with Crippen LogP contribution in [0.15, 0.2) is 0 Å². The molecule has 0 aromatic rings. The highest BCUT2D eigenvalue weighted by molar-refractivity contribution is 7.86. The Balaban J connectivity index is 2.18. The standard InChI is InChI=1S/C14H31N3O3S/c1-4-8-15-9-5-10-16(2)21(18,19)17(3)11-12-20-13-14-6-7-14/h14-15H,4-13H2,1-3H3. The molecule has 0 amide bonds. The minimum atomic E-state index is -3.36. The van der Waals surface area contributed by atoms with E-state index >= 15 is 0 Å². The van der Waals surface area contributed by atoms with Gasteiger partial charge in [0.25, 0.3) is 10.2 Å². The third-order valence-electron chi connectivity index (χ3n) is 3.64. The minimum Gasteiger partial charge on any atom is -0.380 e. The van der Waals surface area contributed by atoms with Crippen LogP contribution in [0.1, 0.15) is 32.6 Å². The van der Waals surface area contributed by atoms with Gasteiger partial charge in [0.2, 0.25) is 0 Å². The van der Waals surface area contributed by atoms with Crippen molar-refractivity contribution in [2.75, 3.05) is 53.5 Å². The van der Waals surface area contributed by atoms with Gasteiger partial charge in [0.15, 0.2) is 0 Å². The largest absolute Gasteiger partial charge is 0.380 e. The van der Waals surface area contributed by atoms with Crippen LogP contribution in [0.2, 0.25) is 0 Å². The van der Waals surface area contributed by atoms with Crippen molar-refractivity contribution in [1.82, 2.24) is 13.9 Å². The molecule has 0 unspecified atom stereocenters. The minimum absolute atomic E-state index is 0.410. The lowest BCUT2D eigenvalue weighted by Crippen LogP contribution is -2.42. The smallest absolute Gasteiger partial charge is 0.281 e. The van der Waals surface area contributed by atoms with E-state index in [0.29, 0.717) is 25.6 Å². The van der Waals surface area contributed by atoms with Crippen LogP contribution in [0.3, 0.4) is 0 Å². The molecule has 1 N–H and O–H groups in total. The lowest BCUT2D eigenvalue weighted by atomic mass is 10.4. The highest BCUT2D eigenvalue weighted by Gasteiger charge is 2.24. The van der Waals surface area contributed by atoms with Gasteiger partial charge in [-0.05, 0) is 44.7 Å². The van der Waals surface area contributed by atoms with Crippen molar-refractivity contribution < 1.29 is 13.2 Å². The molecule has 0 radical (unpaired) electrons. The molecule has 1 saturated carbocycles. The van der Waals surface area contributed by atoms with Crippen LogP contribution in [0, 0.1) is 5.92 Å². The molecule has 0 heterocycles. The average molecular weight is 321 g/mol. The summed E-state index contributed by atoms with van der Waals surface area (Å²) in [5.74, 6) is 0.713. The highest BCUT2D eigenvalue weighted by Crippen LogP contribution is 2.28. The Morgan fingerprint density at radius 3 is 2.43 bits per heavy atom. The topological polar surface area (TPSA) is 61.9 Å². The maximum Gasteiger partial charge on any atom is 0.281 e. The van der Waals surface area contributed by atoms with Crippen molar-refractivity contribution in [3.05, 3.63) is 0 Å². The molecule has 1 rings (SSSR count). The normalized spacial score (nSPS) is 16.0. The first kappa shape index (κ1) is 18.8. The molecule has 21 heavy (non-hydrogen) atoms. The zero-order valence-corrected chi connectivity index (χ0v) is 14.5. The van der Waals surface area contributed by atoms with Crippen LogP contribution < -0.4 is 5.32 Å². The van der Waals surface area contributed by atoms with Crippen LogP contribution in [-0.2, 0) is 14.9 Å². The lowest BCUT2D eigenvalue weighted by molar-refractivity contribution is 0.116. The molecule has 1 aliphatic rings. The van der Waals surface area contributed by atoms with E-state index in [9.17, 15) is 8.42 Å². The van der Waals surface area contributed by atoms with Gasteiger partial charge in [0.1, 0.15) is 0 Å². The van der Waals surface area contributed by atoms with E-state index in [0.717, 1.165) is 32.5 Å². The van der Waals surface area contributed by atoms with E-state index in [1.54, 1.807) is 14.1 Å². The molecule has 0 aromatic heterocycles. The van der Waals surface area contributed by atoms with Crippen molar-refractivity contribution in [1.29, 1.82) is 0 Å². The van der Waals surface area contributed by atoms with Crippen molar-refractivity contribution in [2.45, 2.75) is 32.6 Å². The molecular formula is C14H31N3O3S. The number of rotatable bonds is 13. The first-order chi connectivity index (χ1) is 9.98. The van der Waals surface area contributed by atoms with E-state index in [1.807, 2.05) is 0 Å². The monoisotopic (exact) mass is 321 g/mol. The molecule has 1 fully saturated rings. The summed E-state index contributed by atoms with van der Waals surface area (Å²) in [5.41, 5.74) is 0. The zero-order chi connectivity index (χ0) is 15.7. The molecule has 6 nitrogen and oxygen atoms in total. The number of hydrogen-bond donors (Lipinski definition) is 1. The second-order valence-corrected chi connectivity index (χ2v) is 7.92. The molecular weight excluding hydrogens is 290 g/mol. The summed E-state index contributed by atoms with van der Waals surface area (Å²) in [6, 6.07) is 0. The molecule has 7 heteroatoms. The van der Waals surface area contributed by atoms with Crippen molar-refractivity contribution in [2.24, 2.45) is 5.92 Å². The molecule has 0 atom stereocenters. The average Bonchev–Trinajstić information content (AvgIpc) is 3.26. The van der Waals surface area contributed by atoms with E-state index in [1.165, 1.54) is 21.5 Å². The third-order valence-corrected chi connectivity index (χ3v) is 5.58. The highest BCUT2D eigenvalue weighted by atomic mass is 32.2. The van der Waals surface area contributed by atoms with Gasteiger partial charge >= 0.3 is 0 Å². The van der Waals surface area contributed by atoms with E-state index in [-0.39, 0.29) is 0 Å². The Kier molecular flexibility index (Phi) is 8.73. The molecule has 0 saturated heterocycles. The number of likely N-dealkylation sites (N-methyl/N-ethyl adjacent to an activating group) is 1. The van der Waals surface area contributed by atoms with Gasteiger partial charge in [-0.15, -0.1) is 0 Å². The van der Waals surface area contributed by atoms with Gasteiger partial charge < -0.3 is 10.1 Å². The summed E-state index contributed by atoms with van der Waals surface area (Å²) in [5, 5.41) is 3.27. The second kappa shape index (κ2) is 9.74. The number of nitrogens with one attached hydrogen (secondary N) is 1. The number of hydrogen-bond acceptors (Lipinski definition) is 4. The van der Waals surface area contributed by atoms with E-state index in [2.05, 4.69) is 12.2 Å². The first-order valence-electron chi connectivity index (χ1n) is 7.94. The Morgan fingerprint density at radius 1 is 1.14 bits per heavy atom. The summed E-state index contributed by atoms with van der Waals surface area (Å²) in [4.78, 5) is 0. The predicted molar refractivity (Wildman–Crippen MR) is 85.5 cm³/mol. The fraction of sp³-hybridized carbons (Fsp3) is 1.00. The van der Waals surface area contributed by atoms with E-state index in [4.69, 9.17) is 4.74 Å². The van der Waals surface area contributed by atoms with Crippen molar-refractivity contribution in [3.8, 4) is 0 Å². The fourth-order valence-corrected chi connectivity index (χ4v) is 3.07. The maximum atomic E-state index is 12.3. The summed E-state index contributed by atoms with van der Waals surface area (Å²) in [6.07, 6.45) is 4.42. The Hall–Kier alpha value is -0.210. The first-order valence-corrected chi connectivity index (χ1v) is 9.34. The van der Waals surface area contributed by atoms with Crippen molar-refractivity contribution >= 4 is 10.2 Å². The van der Waals surface area contributed by atoms with Gasteiger partial charge in [-0.1, -0.05) is 6.92 Å². The molecule has 1 aliphatic carbocycles. The fourth-order valence-electron chi connectivity index (χ4n) is 1.92. The Bertz CT molecular complexity index is 372. The van der Waals surface area contributed by atoms with Gasteiger partial charge in [0.05, 0.1) is 6.61 Å². The number of ether oxygens (including phenoxy) is 1. The second-order valence-electron chi connectivity index (χ2n) is 5.77. The third kappa shape index (κ3) is 7.56. The molecule has 0 aliphatic heterocycles. The Morgan fingerprint density at radius 2 is 1.81 bits per heavy atom. The molecule has 0 bridgehead atoms. The van der Waals surface area contributed by atoms with Gasteiger partial charge in [-0.3, -0.25) is 0 Å². The molecule has 126 valence electrons. The van der Waals surface area contributed by atoms with Crippen LogP contribution >= 0.6 is 0 Å². The quantitative estimate of drug-likeness (QED) is 0.512. The van der Waals surface area contributed by atoms with Gasteiger partial charge in [-0.25, -0.2) is 0 Å². The van der Waals surface area contributed by atoms with Gasteiger partial charge in [-0.2, -0.15) is 17.0 Å². The van der Waals surface area contributed by atoms with Crippen LogP contribution in [0.4, 0.5) is 0 Å². The molecule has 0 aromatic carbocycles. The summed E-state index contributed by atoms with van der Waals surface area (Å²) >= 11 is 0. The summed E-state index contributed by atoms with van der Waals surface area (Å²) < 4.78 is 32.8. The van der Waals surface area contributed by atoms with E-state index < -0.39 is 10.2 Å². The lowest BCUT2D eigenvalue weighted by Gasteiger charge is -2.24. The summed E-state index contributed by atoms with van der Waals surface area (Å²) in [7, 11) is -0.110. The maximum absolute atomic E-state index is 12.3. The van der Waals surface area contributed by atoms with Crippen LogP contribution in [0.5, 0.6) is 0 Å². The molecule has 0 spiro atoms. The Labute approximate surface area is 130 Å². The SMILES string of the molecule is CCCNCCCN(C)S(=O)(=O)N(C)CCOCC1CC1.